The third kappa shape index (κ3) is 15.1. The van der Waals surface area contributed by atoms with E-state index in [4.69, 9.17) is 32.4 Å². The number of sulfonamides is 2. The van der Waals surface area contributed by atoms with Crippen LogP contribution in [-0.2, 0) is 39.8 Å². The van der Waals surface area contributed by atoms with E-state index in [2.05, 4.69) is 72.4 Å². The van der Waals surface area contributed by atoms with Gasteiger partial charge in [-0.15, -0.1) is 0 Å². The highest BCUT2D eigenvalue weighted by Gasteiger charge is 2.40. The third-order valence-electron chi connectivity index (χ3n) is 18.3. The Hall–Kier alpha value is -6.73. The molecule has 30 heteroatoms. The Kier molecular flexibility index (Phi) is 20.4. The molecule has 4 aromatic carbocycles. The van der Waals surface area contributed by atoms with Gasteiger partial charge >= 0.3 is 0 Å². The fraction of sp³-hybridized carbons (Fsp3) is 0.484. The Balaban J connectivity index is 0.000000126. The number of ether oxygens (including phenoxy) is 1. The minimum Gasteiger partial charge on any atom is -0.445 e. The maximum atomic E-state index is 12.1. The molecule has 494 valence electrons. The number of carbonyl (C=O) groups is 1. The van der Waals surface area contributed by atoms with Gasteiger partial charge in [0.2, 0.25) is 31.8 Å². The van der Waals surface area contributed by atoms with Crippen LogP contribution in [0.25, 0.3) is 55.1 Å². The number of hydrogen-bond acceptors (Lipinski definition) is 16. The molecule has 5 aliphatic heterocycles. The summed E-state index contributed by atoms with van der Waals surface area (Å²) >= 11 is 12.3. The van der Waals surface area contributed by atoms with E-state index in [1.807, 2.05) is 74.5 Å². The predicted octanol–water partition coefficient (Wildman–Crippen LogP) is 8.81. The van der Waals surface area contributed by atoms with E-state index in [1.54, 1.807) is 33.5 Å². The van der Waals surface area contributed by atoms with Crippen molar-refractivity contribution in [1.82, 2.24) is 68.3 Å². The number of fused-ring (bicyclic) bond motifs is 4. The number of aromatic amines is 4. The van der Waals surface area contributed by atoms with E-state index in [1.165, 1.54) is 35.0 Å². The molecule has 0 atom stereocenters. The van der Waals surface area contributed by atoms with Crippen molar-refractivity contribution in [3.05, 3.63) is 113 Å². The molecule has 5 aliphatic rings. The molecule has 5 N–H and O–H groups in total. The SMILES string of the molecule is CC1(C)CN(c2cc(-c3ncco3)cc3[nH]ncc23)CCN1S(C)(=O)=O.CCC(=O)N1CCC(c2cc(Cl)cc3[nH]ncc23)CC1.CNS(=O)(=O)N1CCC(c2cc(Cl)cc3[nH]ncc23)CC1.CS(=O)(=O)N1CCN(c2cc(C3CCOCC3)cc3[nH]ncc23)CC1. The number of carbonyl (C=O) groups excluding carboxylic acids is 1. The van der Waals surface area contributed by atoms with Gasteiger partial charge in [0.05, 0.1) is 65.6 Å². The van der Waals surface area contributed by atoms with E-state index >= 15 is 0 Å². The Morgan fingerprint density at radius 1 is 0.598 bits per heavy atom. The maximum absolute atomic E-state index is 12.1. The van der Waals surface area contributed by atoms with Gasteiger partial charge in [-0.1, -0.05) is 30.1 Å². The number of aromatic nitrogens is 9. The molecule has 5 saturated heterocycles. The van der Waals surface area contributed by atoms with Crippen molar-refractivity contribution >= 4 is 114 Å². The molecule has 0 bridgehead atoms. The molecule has 5 aromatic heterocycles. The average Bonchev–Trinajstić information content (AvgIpc) is 1.25. The second-order valence-electron chi connectivity index (χ2n) is 24.7. The maximum Gasteiger partial charge on any atom is 0.279 e. The van der Waals surface area contributed by atoms with E-state index in [9.17, 15) is 30.0 Å². The third-order valence-corrected chi connectivity index (χ3v) is 23.1. The summed E-state index contributed by atoms with van der Waals surface area (Å²) < 4.78 is 89.2. The average molecular weight is 1360 g/mol. The monoisotopic (exact) mass is 1360 g/mol. The molecule has 92 heavy (non-hydrogen) atoms. The highest BCUT2D eigenvalue weighted by atomic mass is 35.5. The molecule has 25 nitrogen and oxygen atoms in total. The molecule has 14 rings (SSSR count). The summed E-state index contributed by atoms with van der Waals surface area (Å²) in [6.07, 6.45) is 19.2. The molecule has 0 unspecified atom stereocenters. The quantitative estimate of drug-likeness (QED) is 0.0808. The lowest BCUT2D eigenvalue weighted by molar-refractivity contribution is -0.131. The zero-order valence-corrected chi connectivity index (χ0v) is 56.5. The normalized spacial score (nSPS) is 18.8. The van der Waals surface area contributed by atoms with Crippen LogP contribution >= 0.6 is 23.2 Å². The molecule has 9 aromatic rings. The fourth-order valence-electron chi connectivity index (χ4n) is 13.5. The minimum absolute atomic E-state index is 0.253. The molecule has 0 aliphatic carbocycles. The lowest BCUT2D eigenvalue weighted by atomic mass is 9.87. The number of H-pyrrole nitrogens is 4. The number of amides is 1. The summed E-state index contributed by atoms with van der Waals surface area (Å²) in [7, 11) is -8.26. The Labute approximate surface area is 546 Å². The van der Waals surface area contributed by atoms with Crippen LogP contribution in [0.3, 0.4) is 0 Å². The molecule has 0 spiro atoms. The molecule has 10 heterocycles. The van der Waals surface area contributed by atoms with Crippen molar-refractivity contribution in [2.45, 2.75) is 89.0 Å². The number of oxazole rings is 1. The second-order valence-corrected chi connectivity index (χ2v) is 31.3. The largest absolute Gasteiger partial charge is 0.445 e. The van der Waals surface area contributed by atoms with E-state index in [0.717, 1.165) is 136 Å². The van der Waals surface area contributed by atoms with Crippen molar-refractivity contribution in [2.75, 3.05) is 115 Å². The van der Waals surface area contributed by atoms with E-state index < -0.39 is 35.8 Å². The van der Waals surface area contributed by atoms with Gasteiger partial charge in [0.15, 0.2) is 0 Å². The molecule has 0 radical (unpaired) electrons. The van der Waals surface area contributed by atoms with Gasteiger partial charge in [-0.25, -0.2) is 26.5 Å². The Bertz CT molecular complexity index is 4380. The Morgan fingerprint density at radius 2 is 1.11 bits per heavy atom. The van der Waals surface area contributed by atoms with Gasteiger partial charge in [0.25, 0.3) is 10.2 Å². The number of benzene rings is 4. The molecular weight excluding hydrogens is 1280 g/mol. The summed E-state index contributed by atoms with van der Waals surface area (Å²) in [6.45, 7) is 14.2. The number of piperidine rings is 2. The van der Waals surface area contributed by atoms with Crippen molar-refractivity contribution in [3.8, 4) is 11.5 Å². The van der Waals surface area contributed by atoms with Crippen molar-refractivity contribution < 1.29 is 39.2 Å². The summed E-state index contributed by atoms with van der Waals surface area (Å²) in [5, 5.41) is 34.3. The Morgan fingerprint density at radius 3 is 1.61 bits per heavy atom. The summed E-state index contributed by atoms with van der Waals surface area (Å²) in [4.78, 5) is 22.4. The number of hydrogen-bond donors (Lipinski definition) is 5. The predicted molar refractivity (Wildman–Crippen MR) is 360 cm³/mol. The lowest BCUT2D eigenvalue weighted by Gasteiger charge is -2.46. The number of likely N-dealkylation sites (tertiary alicyclic amines) is 1. The topological polar surface area (TPSA) is 301 Å². The lowest BCUT2D eigenvalue weighted by Crippen LogP contribution is -2.60. The first kappa shape index (κ1) is 66.7. The van der Waals surface area contributed by atoms with Gasteiger partial charge in [-0.05, 0) is 135 Å². The van der Waals surface area contributed by atoms with Crippen LogP contribution in [0.15, 0.2) is 90.2 Å². The minimum atomic E-state index is -3.33. The van der Waals surface area contributed by atoms with E-state index in [0.29, 0.717) is 94.0 Å². The van der Waals surface area contributed by atoms with Crippen molar-refractivity contribution in [1.29, 1.82) is 0 Å². The van der Waals surface area contributed by atoms with Crippen LogP contribution < -0.4 is 14.5 Å². The van der Waals surface area contributed by atoms with Gasteiger partial charge in [0.1, 0.15) is 6.26 Å². The van der Waals surface area contributed by atoms with E-state index in [-0.39, 0.29) is 5.91 Å². The standard InChI is InChI=1S/C17H21N5O3S.C17H24N4O3S.C15H18ClN3O.C13H17ClN4O2S/c1-17(2)11-21(5-6-22(17)26(3,23)24)15-9-12(16-18-4-7-25-16)8-14-13(15)10-19-20-14;1-25(22,23)21-6-4-20(5-7-21)17-11-14(13-2-8-24-9-3-13)10-16-15(17)12-18-19-16;1-2-15(20)19-5-3-10(4-6-19)12-7-11(16)8-14-13(12)9-17-18-14;1-15-21(19,20)18-4-2-9(3-5-18)11-6-10(14)7-13-12(11)8-16-17-13/h4,7-10H,5-6,11H2,1-3H3,(H,19,20);10-13H,2-9H2,1H3,(H,18,19);7-10H,2-6H2,1H3,(H,17,18);6-9,15H,2-5H2,1H3,(H,16,17). The van der Waals surface area contributed by atoms with Crippen LogP contribution in [0, 0.1) is 0 Å². The molecule has 5 fully saturated rings. The first-order chi connectivity index (χ1) is 44.0. The van der Waals surface area contributed by atoms with Gasteiger partial charge < -0.3 is 23.9 Å². The number of halogens is 2. The number of nitrogens with zero attached hydrogens (tertiary/aromatic N) is 11. The molecular formula is C62H80Cl2N16O9S3. The van der Waals surface area contributed by atoms with Crippen LogP contribution in [0.2, 0.25) is 10.0 Å². The highest BCUT2D eigenvalue weighted by molar-refractivity contribution is 7.88. The number of anilines is 2. The zero-order valence-electron chi connectivity index (χ0n) is 52.5. The fourth-order valence-corrected chi connectivity index (χ4v) is 17.1. The summed E-state index contributed by atoms with van der Waals surface area (Å²) in [5.74, 6) is 2.05. The van der Waals surface area contributed by atoms with Crippen molar-refractivity contribution in [2.24, 2.45) is 0 Å². The number of nitrogens with one attached hydrogen (secondary N) is 5. The van der Waals surface area contributed by atoms with Crippen LogP contribution in [0.1, 0.15) is 100 Å². The number of piperazine rings is 2. The molecule has 1 amide bonds. The first-order valence-electron chi connectivity index (χ1n) is 31.0. The first-order valence-corrected chi connectivity index (χ1v) is 36.9. The van der Waals surface area contributed by atoms with Crippen LogP contribution in [-0.4, -0.2) is 205 Å². The highest BCUT2D eigenvalue weighted by Crippen LogP contribution is 2.40. The second kappa shape index (κ2) is 28.1. The van der Waals surface area contributed by atoms with Gasteiger partial charge in [0, 0.05) is 153 Å². The van der Waals surface area contributed by atoms with Crippen molar-refractivity contribution in [3.63, 3.8) is 0 Å². The summed E-state index contributed by atoms with van der Waals surface area (Å²) in [6, 6.07) is 16.2. The summed E-state index contributed by atoms with van der Waals surface area (Å²) in [5.41, 5.74) is 10.0. The van der Waals surface area contributed by atoms with Crippen LogP contribution in [0.4, 0.5) is 11.4 Å². The van der Waals surface area contributed by atoms with Crippen LogP contribution in [0.5, 0.6) is 0 Å². The van der Waals surface area contributed by atoms with Gasteiger partial charge in [-0.3, -0.25) is 25.2 Å². The molecule has 0 saturated carbocycles. The smallest absolute Gasteiger partial charge is 0.279 e. The number of rotatable bonds is 11. The zero-order chi connectivity index (χ0) is 65.1. The van der Waals surface area contributed by atoms with Gasteiger partial charge in [-0.2, -0.15) is 41.7 Å².